The highest BCUT2D eigenvalue weighted by molar-refractivity contribution is 7.92. The molecule has 2 N–H and O–H groups in total. The van der Waals surface area contributed by atoms with E-state index < -0.39 is 49.6 Å². The van der Waals surface area contributed by atoms with E-state index in [1.54, 1.807) is 0 Å². The molecule has 1 fully saturated rings. The topological polar surface area (TPSA) is 83.5 Å². The number of sulfone groups is 1. The van der Waals surface area contributed by atoms with Crippen molar-refractivity contribution in [3.8, 4) is 0 Å². The number of benzene rings is 1. The minimum atomic E-state index is -5.04. The lowest BCUT2D eigenvalue weighted by molar-refractivity contribution is -0.140. The van der Waals surface area contributed by atoms with Crippen molar-refractivity contribution in [2.24, 2.45) is 0 Å². The maximum atomic E-state index is 13.0. The van der Waals surface area contributed by atoms with Crippen molar-refractivity contribution < 1.29 is 35.9 Å². The number of rotatable bonds is 3. The molecule has 1 aliphatic rings. The van der Waals surface area contributed by atoms with Crippen molar-refractivity contribution in [1.82, 2.24) is 5.32 Å². The SMILES string of the molecule is O=C(O)[C@@H]1C[C@@H](S(=O)(=O)c2ccc(F)cc2C(F)(F)F)CN1. The van der Waals surface area contributed by atoms with Gasteiger partial charge in [0.25, 0.3) is 0 Å². The van der Waals surface area contributed by atoms with Crippen molar-refractivity contribution in [3.63, 3.8) is 0 Å². The molecular formula is C12H11F4NO4S. The molecule has 1 aromatic rings. The van der Waals surface area contributed by atoms with E-state index in [0.717, 1.165) is 0 Å². The molecule has 122 valence electrons. The molecule has 0 bridgehead atoms. The fourth-order valence-electron chi connectivity index (χ4n) is 2.28. The third-order valence-corrected chi connectivity index (χ3v) is 5.59. The molecule has 0 unspecified atom stereocenters. The maximum absolute atomic E-state index is 13.0. The predicted octanol–water partition coefficient (Wildman–Crippen LogP) is 1.43. The second-order valence-electron chi connectivity index (χ2n) is 4.84. The highest BCUT2D eigenvalue weighted by Crippen LogP contribution is 2.37. The Bertz CT molecular complexity index is 702. The van der Waals surface area contributed by atoms with Gasteiger partial charge in [0.15, 0.2) is 9.84 Å². The molecule has 2 atom stereocenters. The number of hydrogen-bond donors (Lipinski definition) is 2. The monoisotopic (exact) mass is 341 g/mol. The summed E-state index contributed by atoms with van der Waals surface area (Å²) in [5, 5.41) is 9.90. The summed E-state index contributed by atoms with van der Waals surface area (Å²) in [7, 11) is -4.45. The average Bonchev–Trinajstić information content (AvgIpc) is 2.87. The Morgan fingerprint density at radius 2 is 1.95 bits per heavy atom. The average molecular weight is 341 g/mol. The molecule has 1 saturated heterocycles. The number of aliphatic carboxylic acids is 1. The summed E-state index contributed by atoms with van der Waals surface area (Å²) in [6, 6.07) is 0.152. The third-order valence-electron chi connectivity index (χ3n) is 3.38. The van der Waals surface area contributed by atoms with Crippen LogP contribution in [0.2, 0.25) is 0 Å². The van der Waals surface area contributed by atoms with Gasteiger partial charge in [0.1, 0.15) is 11.9 Å². The van der Waals surface area contributed by atoms with Crippen LogP contribution in [0, 0.1) is 5.82 Å². The van der Waals surface area contributed by atoms with E-state index in [4.69, 9.17) is 5.11 Å². The number of carbonyl (C=O) groups is 1. The highest BCUT2D eigenvalue weighted by atomic mass is 32.2. The molecule has 1 aromatic carbocycles. The van der Waals surface area contributed by atoms with Crippen LogP contribution in [-0.4, -0.2) is 37.3 Å². The zero-order valence-electron chi connectivity index (χ0n) is 10.9. The van der Waals surface area contributed by atoms with Gasteiger partial charge >= 0.3 is 12.1 Å². The molecule has 1 heterocycles. The first-order valence-electron chi connectivity index (χ1n) is 6.10. The van der Waals surface area contributed by atoms with E-state index in [1.807, 2.05) is 0 Å². The molecule has 10 heteroatoms. The van der Waals surface area contributed by atoms with Gasteiger partial charge in [-0.1, -0.05) is 0 Å². The first kappa shape index (κ1) is 16.7. The summed E-state index contributed by atoms with van der Waals surface area (Å²) in [5.74, 6) is -2.49. The van der Waals surface area contributed by atoms with E-state index in [2.05, 4.69) is 5.32 Å². The van der Waals surface area contributed by atoms with Crippen LogP contribution in [0.15, 0.2) is 23.1 Å². The first-order chi connectivity index (χ1) is 10.0. The summed E-state index contributed by atoms with van der Waals surface area (Å²) in [6.45, 7) is -0.284. The fraction of sp³-hybridized carbons (Fsp3) is 0.417. The van der Waals surface area contributed by atoms with Crippen LogP contribution >= 0.6 is 0 Å². The van der Waals surface area contributed by atoms with Gasteiger partial charge in [-0.2, -0.15) is 13.2 Å². The Kier molecular flexibility index (Phi) is 4.18. The van der Waals surface area contributed by atoms with Gasteiger partial charge in [-0.05, 0) is 24.6 Å². The van der Waals surface area contributed by atoms with Crippen molar-refractivity contribution in [3.05, 3.63) is 29.6 Å². The van der Waals surface area contributed by atoms with Crippen LogP contribution in [0.4, 0.5) is 17.6 Å². The summed E-state index contributed by atoms with van der Waals surface area (Å²) in [5.41, 5.74) is -1.59. The van der Waals surface area contributed by atoms with Gasteiger partial charge in [-0.3, -0.25) is 4.79 Å². The van der Waals surface area contributed by atoms with Gasteiger partial charge in [0.2, 0.25) is 0 Å². The Morgan fingerprint density at radius 3 is 2.45 bits per heavy atom. The lowest BCUT2D eigenvalue weighted by atomic mass is 10.2. The summed E-state index contributed by atoms with van der Waals surface area (Å²) >= 11 is 0. The predicted molar refractivity (Wildman–Crippen MR) is 66.4 cm³/mol. The van der Waals surface area contributed by atoms with Crippen LogP contribution < -0.4 is 5.32 Å². The van der Waals surface area contributed by atoms with Gasteiger partial charge < -0.3 is 10.4 Å². The van der Waals surface area contributed by atoms with E-state index in [0.29, 0.717) is 12.1 Å². The first-order valence-corrected chi connectivity index (χ1v) is 7.65. The van der Waals surface area contributed by atoms with Gasteiger partial charge in [0, 0.05) is 6.54 Å². The van der Waals surface area contributed by atoms with E-state index >= 15 is 0 Å². The number of hydrogen-bond acceptors (Lipinski definition) is 4. The molecule has 0 spiro atoms. The van der Waals surface area contributed by atoms with Gasteiger partial charge in [0.05, 0.1) is 15.7 Å². The largest absolute Gasteiger partial charge is 0.480 e. The third kappa shape index (κ3) is 3.07. The van der Waals surface area contributed by atoms with E-state index in [-0.39, 0.29) is 19.0 Å². The van der Waals surface area contributed by atoms with Crippen molar-refractivity contribution in [1.29, 1.82) is 0 Å². The molecule has 0 aliphatic carbocycles. The van der Waals surface area contributed by atoms with Crippen LogP contribution in [0.25, 0.3) is 0 Å². The number of carboxylic acid groups (broad SMARTS) is 1. The minimum absolute atomic E-state index is 0.115. The van der Waals surface area contributed by atoms with Crippen molar-refractivity contribution >= 4 is 15.8 Å². The second kappa shape index (κ2) is 5.51. The zero-order chi connectivity index (χ0) is 16.7. The van der Waals surface area contributed by atoms with Gasteiger partial charge in [-0.25, -0.2) is 12.8 Å². The number of alkyl halides is 3. The smallest absolute Gasteiger partial charge is 0.417 e. The van der Waals surface area contributed by atoms with Crippen LogP contribution in [0.5, 0.6) is 0 Å². The molecule has 1 aliphatic heterocycles. The molecule has 0 saturated carbocycles. The second-order valence-corrected chi connectivity index (χ2v) is 7.04. The van der Waals surface area contributed by atoms with E-state index in [9.17, 15) is 30.8 Å². The molecule has 0 aromatic heterocycles. The Labute approximate surface area is 122 Å². The standard InChI is InChI=1S/C12H11F4NO4S/c13-6-1-2-10(8(3-6)12(14,15)16)22(20,21)7-4-9(11(18)19)17-5-7/h1-3,7,9,17H,4-5H2,(H,18,19)/t7-,9+/m1/s1. The molecule has 5 nitrogen and oxygen atoms in total. The summed E-state index contributed by atoms with van der Waals surface area (Å²) < 4.78 is 76.4. The van der Waals surface area contributed by atoms with Crippen LogP contribution in [-0.2, 0) is 20.8 Å². The summed E-state index contributed by atoms with van der Waals surface area (Å²) in [4.78, 5) is 9.75. The van der Waals surface area contributed by atoms with Crippen molar-refractivity contribution in [2.45, 2.75) is 28.8 Å². The zero-order valence-corrected chi connectivity index (χ0v) is 11.7. The number of carboxylic acids is 1. The molecule has 0 amide bonds. The Balaban J connectivity index is 2.45. The molecule has 2 rings (SSSR count). The lowest BCUT2D eigenvalue weighted by Crippen LogP contribution is -2.30. The number of nitrogens with one attached hydrogen (secondary N) is 1. The lowest BCUT2D eigenvalue weighted by Gasteiger charge is -2.16. The van der Waals surface area contributed by atoms with Gasteiger partial charge in [-0.15, -0.1) is 0 Å². The Morgan fingerprint density at radius 1 is 1.32 bits per heavy atom. The Hall–Kier alpha value is -1.68. The maximum Gasteiger partial charge on any atom is 0.417 e. The van der Waals surface area contributed by atoms with Crippen LogP contribution in [0.3, 0.4) is 0 Å². The summed E-state index contributed by atoms with van der Waals surface area (Å²) in [6.07, 6.45) is -5.39. The normalized spacial score (nSPS) is 22.7. The fourth-order valence-corrected chi connectivity index (χ4v) is 4.14. The molecule has 22 heavy (non-hydrogen) atoms. The highest BCUT2D eigenvalue weighted by Gasteiger charge is 2.43. The minimum Gasteiger partial charge on any atom is -0.480 e. The number of halogens is 4. The quantitative estimate of drug-likeness (QED) is 0.642. The molecule has 0 radical (unpaired) electrons. The van der Waals surface area contributed by atoms with E-state index in [1.165, 1.54) is 0 Å². The molecular weight excluding hydrogens is 330 g/mol. The van der Waals surface area contributed by atoms with Crippen molar-refractivity contribution in [2.75, 3.05) is 6.54 Å². The van der Waals surface area contributed by atoms with Crippen LogP contribution in [0.1, 0.15) is 12.0 Å².